The lowest BCUT2D eigenvalue weighted by molar-refractivity contribution is 0.0338. The maximum Gasteiger partial charge on any atom is 0.119 e. The molecule has 0 amide bonds. The molecule has 0 aromatic heterocycles. The van der Waals surface area contributed by atoms with Crippen LogP contribution < -0.4 is 10.1 Å². The fraction of sp³-hybridized carbons (Fsp3) is 0.400. The number of hydrogen-bond donors (Lipinski definition) is 1. The molecule has 128 valence electrons. The van der Waals surface area contributed by atoms with Crippen LogP contribution >= 0.6 is 0 Å². The second-order valence-corrected chi connectivity index (χ2v) is 6.11. The monoisotopic (exact) mass is 326 g/mol. The first-order chi connectivity index (χ1) is 11.8. The first-order valence-corrected chi connectivity index (χ1v) is 8.52. The van der Waals surface area contributed by atoms with Crippen LogP contribution in [0.2, 0.25) is 0 Å². The number of nitrogens with one attached hydrogen (secondary N) is 1. The summed E-state index contributed by atoms with van der Waals surface area (Å²) >= 11 is 0. The van der Waals surface area contributed by atoms with Crippen LogP contribution in [0.25, 0.3) is 11.1 Å². The lowest BCUT2D eigenvalue weighted by Gasteiger charge is -2.30. The van der Waals surface area contributed by atoms with Gasteiger partial charge in [0, 0.05) is 25.7 Å². The Bertz CT molecular complexity index is 636. The van der Waals surface area contributed by atoms with Crippen molar-refractivity contribution in [3.8, 4) is 16.9 Å². The SMILES string of the molecule is CNC(CN1CCOCC1)c1ccc(-c2cccc(OC)c2)cc1. The maximum absolute atomic E-state index is 5.43. The first-order valence-electron chi connectivity index (χ1n) is 8.52. The molecule has 1 unspecified atom stereocenters. The third-order valence-electron chi connectivity index (χ3n) is 4.61. The van der Waals surface area contributed by atoms with Crippen LogP contribution in [0, 0.1) is 0 Å². The molecule has 1 atom stereocenters. The minimum absolute atomic E-state index is 0.336. The van der Waals surface area contributed by atoms with Crippen molar-refractivity contribution in [2.75, 3.05) is 47.0 Å². The number of methoxy groups -OCH3 is 1. The van der Waals surface area contributed by atoms with E-state index in [1.807, 2.05) is 19.2 Å². The van der Waals surface area contributed by atoms with Crippen LogP contribution in [0.15, 0.2) is 48.5 Å². The molecule has 1 fully saturated rings. The fourth-order valence-corrected chi connectivity index (χ4v) is 3.12. The summed E-state index contributed by atoms with van der Waals surface area (Å²) in [6.45, 7) is 4.72. The molecule has 3 rings (SSSR count). The average Bonchev–Trinajstić information content (AvgIpc) is 2.67. The number of hydrogen-bond acceptors (Lipinski definition) is 4. The molecule has 0 aliphatic carbocycles. The zero-order valence-electron chi connectivity index (χ0n) is 14.5. The van der Waals surface area contributed by atoms with Crippen molar-refractivity contribution in [2.24, 2.45) is 0 Å². The molecule has 2 aromatic rings. The molecular weight excluding hydrogens is 300 g/mol. The zero-order valence-corrected chi connectivity index (χ0v) is 14.5. The Labute approximate surface area is 144 Å². The number of nitrogens with zero attached hydrogens (tertiary/aromatic N) is 1. The Morgan fingerprint density at radius 3 is 2.50 bits per heavy atom. The Morgan fingerprint density at radius 2 is 1.83 bits per heavy atom. The summed E-state index contributed by atoms with van der Waals surface area (Å²) in [7, 11) is 3.73. The van der Waals surface area contributed by atoms with E-state index >= 15 is 0 Å². The molecule has 4 heteroatoms. The largest absolute Gasteiger partial charge is 0.497 e. The lowest BCUT2D eigenvalue weighted by atomic mass is 10.00. The van der Waals surface area contributed by atoms with Crippen LogP contribution in [-0.4, -0.2) is 51.9 Å². The second-order valence-electron chi connectivity index (χ2n) is 6.11. The van der Waals surface area contributed by atoms with Crippen molar-refractivity contribution in [2.45, 2.75) is 6.04 Å². The van der Waals surface area contributed by atoms with E-state index in [0.717, 1.165) is 38.6 Å². The molecule has 2 aromatic carbocycles. The van der Waals surface area contributed by atoms with E-state index < -0.39 is 0 Å². The van der Waals surface area contributed by atoms with Crippen molar-refractivity contribution < 1.29 is 9.47 Å². The van der Waals surface area contributed by atoms with Gasteiger partial charge in [0.1, 0.15) is 5.75 Å². The predicted molar refractivity (Wildman–Crippen MR) is 97.5 cm³/mol. The molecule has 1 aliphatic rings. The molecule has 1 aliphatic heterocycles. The van der Waals surface area contributed by atoms with Crippen LogP contribution in [0.5, 0.6) is 5.75 Å². The minimum atomic E-state index is 0.336. The summed E-state index contributed by atoms with van der Waals surface area (Å²) < 4.78 is 10.7. The maximum atomic E-state index is 5.43. The normalized spacial score (nSPS) is 16.8. The molecule has 1 saturated heterocycles. The highest BCUT2D eigenvalue weighted by Crippen LogP contribution is 2.25. The molecule has 0 spiro atoms. The zero-order chi connectivity index (χ0) is 16.8. The van der Waals surface area contributed by atoms with Gasteiger partial charge in [-0.25, -0.2) is 0 Å². The van der Waals surface area contributed by atoms with Gasteiger partial charge in [-0.05, 0) is 35.9 Å². The first kappa shape index (κ1) is 17.0. The van der Waals surface area contributed by atoms with E-state index in [2.05, 4.69) is 46.6 Å². The number of morpholine rings is 1. The minimum Gasteiger partial charge on any atom is -0.497 e. The van der Waals surface area contributed by atoms with E-state index in [4.69, 9.17) is 9.47 Å². The van der Waals surface area contributed by atoms with Crippen LogP contribution in [-0.2, 0) is 4.74 Å². The molecule has 4 nitrogen and oxygen atoms in total. The van der Waals surface area contributed by atoms with Crippen molar-refractivity contribution in [3.05, 3.63) is 54.1 Å². The van der Waals surface area contributed by atoms with E-state index in [0.29, 0.717) is 6.04 Å². The topological polar surface area (TPSA) is 33.7 Å². The molecule has 0 radical (unpaired) electrons. The van der Waals surface area contributed by atoms with Crippen molar-refractivity contribution in [1.82, 2.24) is 10.2 Å². The highest BCUT2D eigenvalue weighted by atomic mass is 16.5. The summed E-state index contributed by atoms with van der Waals surface area (Å²) in [5, 5.41) is 3.44. The molecule has 0 bridgehead atoms. The van der Waals surface area contributed by atoms with Gasteiger partial charge in [0.05, 0.1) is 20.3 Å². The Balaban J connectivity index is 1.72. The molecule has 1 N–H and O–H groups in total. The lowest BCUT2D eigenvalue weighted by Crippen LogP contribution is -2.41. The van der Waals surface area contributed by atoms with Gasteiger partial charge in [-0.3, -0.25) is 4.90 Å². The van der Waals surface area contributed by atoms with Gasteiger partial charge in [0.15, 0.2) is 0 Å². The van der Waals surface area contributed by atoms with Gasteiger partial charge >= 0.3 is 0 Å². The Kier molecular flexibility index (Phi) is 5.86. The van der Waals surface area contributed by atoms with Gasteiger partial charge < -0.3 is 14.8 Å². The summed E-state index contributed by atoms with van der Waals surface area (Å²) in [4.78, 5) is 2.46. The Hall–Kier alpha value is -1.88. The van der Waals surface area contributed by atoms with Crippen molar-refractivity contribution >= 4 is 0 Å². The average molecular weight is 326 g/mol. The summed E-state index contributed by atoms with van der Waals surface area (Å²) in [6.07, 6.45) is 0. The van der Waals surface area contributed by atoms with Crippen LogP contribution in [0.1, 0.15) is 11.6 Å². The molecule has 1 heterocycles. The second kappa shape index (κ2) is 8.29. The van der Waals surface area contributed by atoms with Crippen molar-refractivity contribution in [1.29, 1.82) is 0 Å². The number of likely N-dealkylation sites (N-methyl/N-ethyl adjacent to an activating group) is 1. The van der Waals surface area contributed by atoms with Crippen molar-refractivity contribution in [3.63, 3.8) is 0 Å². The van der Waals surface area contributed by atoms with Gasteiger partial charge in [-0.15, -0.1) is 0 Å². The summed E-state index contributed by atoms with van der Waals surface area (Å²) in [5.41, 5.74) is 3.70. The molecule has 0 saturated carbocycles. The standard InChI is InChI=1S/C20H26N2O2/c1-21-20(15-22-10-12-24-13-11-22)17-8-6-16(7-9-17)18-4-3-5-19(14-18)23-2/h3-9,14,20-21H,10-13,15H2,1-2H3. The van der Waals surface area contributed by atoms with Gasteiger partial charge in [-0.1, -0.05) is 36.4 Å². The smallest absolute Gasteiger partial charge is 0.119 e. The molecular formula is C20H26N2O2. The van der Waals surface area contributed by atoms with E-state index in [9.17, 15) is 0 Å². The van der Waals surface area contributed by atoms with E-state index in [1.165, 1.54) is 16.7 Å². The quantitative estimate of drug-likeness (QED) is 0.885. The van der Waals surface area contributed by atoms with E-state index in [-0.39, 0.29) is 0 Å². The van der Waals surface area contributed by atoms with Crippen LogP contribution in [0.3, 0.4) is 0 Å². The van der Waals surface area contributed by atoms with Gasteiger partial charge in [0.25, 0.3) is 0 Å². The Morgan fingerprint density at radius 1 is 1.08 bits per heavy atom. The fourth-order valence-electron chi connectivity index (χ4n) is 3.12. The highest BCUT2D eigenvalue weighted by molar-refractivity contribution is 5.65. The summed E-state index contributed by atoms with van der Waals surface area (Å²) in [6, 6.07) is 17.3. The predicted octanol–water partition coefficient (Wildman–Crippen LogP) is 2.95. The van der Waals surface area contributed by atoms with E-state index in [1.54, 1.807) is 7.11 Å². The number of ether oxygens (including phenoxy) is 2. The highest BCUT2D eigenvalue weighted by Gasteiger charge is 2.17. The van der Waals surface area contributed by atoms with Gasteiger partial charge in [-0.2, -0.15) is 0 Å². The molecule has 24 heavy (non-hydrogen) atoms. The van der Waals surface area contributed by atoms with Crippen LogP contribution in [0.4, 0.5) is 0 Å². The number of benzene rings is 2. The third-order valence-corrected chi connectivity index (χ3v) is 4.61. The summed E-state index contributed by atoms with van der Waals surface area (Å²) in [5.74, 6) is 0.886. The third kappa shape index (κ3) is 4.15. The van der Waals surface area contributed by atoms with Gasteiger partial charge in [0.2, 0.25) is 0 Å². The number of rotatable bonds is 6.